The van der Waals surface area contributed by atoms with Crippen molar-refractivity contribution in [1.82, 2.24) is 9.55 Å². The molecule has 0 aliphatic carbocycles. The lowest BCUT2D eigenvalue weighted by Crippen LogP contribution is -2.50. The van der Waals surface area contributed by atoms with Crippen LogP contribution in [0.1, 0.15) is 43.9 Å². The Balaban J connectivity index is 1.59. The zero-order chi connectivity index (χ0) is 22.5. The molecule has 168 valence electrons. The SMILES string of the molecule is CCOCC(C)O[C@@H]1OCc2c(cc3n(c2=O)Cc2cc4ccccc4nc2-3)[C@@]1(O)CC. The number of ether oxygens (including phenoxy) is 3. The summed E-state index contributed by atoms with van der Waals surface area (Å²) < 4.78 is 19.1. The molecule has 3 atom stereocenters. The number of fused-ring (bicyclic) bond motifs is 5. The number of aromatic nitrogens is 2. The number of hydrogen-bond acceptors (Lipinski definition) is 6. The highest BCUT2D eigenvalue weighted by Gasteiger charge is 2.46. The summed E-state index contributed by atoms with van der Waals surface area (Å²) in [6, 6.07) is 11.9. The van der Waals surface area contributed by atoms with Crippen molar-refractivity contribution in [2.45, 2.75) is 58.3 Å². The minimum atomic E-state index is -1.44. The van der Waals surface area contributed by atoms with Gasteiger partial charge in [-0.15, -0.1) is 0 Å². The lowest BCUT2D eigenvalue weighted by molar-refractivity contribution is -0.277. The minimum absolute atomic E-state index is 0.0918. The van der Waals surface area contributed by atoms with E-state index in [1.165, 1.54) is 0 Å². The highest BCUT2D eigenvalue weighted by Crippen LogP contribution is 2.41. The molecule has 0 saturated heterocycles. The van der Waals surface area contributed by atoms with E-state index in [9.17, 15) is 9.90 Å². The maximum Gasteiger partial charge on any atom is 0.257 e. The Hall–Kier alpha value is -2.58. The summed E-state index contributed by atoms with van der Waals surface area (Å²) in [5.74, 6) is 0. The summed E-state index contributed by atoms with van der Waals surface area (Å²) in [5, 5.41) is 12.7. The Morgan fingerprint density at radius 1 is 1.31 bits per heavy atom. The molecule has 2 aliphatic heterocycles. The summed E-state index contributed by atoms with van der Waals surface area (Å²) in [7, 11) is 0. The van der Waals surface area contributed by atoms with Gasteiger partial charge in [0.2, 0.25) is 0 Å². The van der Waals surface area contributed by atoms with E-state index in [2.05, 4.69) is 6.07 Å². The Labute approximate surface area is 186 Å². The zero-order valence-electron chi connectivity index (χ0n) is 18.6. The van der Waals surface area contributed by atoms with Crippen molar-refractivity contribution < 1.29 is 19.3 Å². The first-order valence-electron chi connectivity index (χ1n) is 11.2. The minimum Gasteiger partial charge on any atom is -0.380 e. The van der Waals surface area contributed by atoms with Gasteiger partial charge >= 0.3 is 0 Å². The molecule has 1 N–H and O–H groups in total. The van der Waals surface area contributed by atoms with E-state index in [1.807, 2.05) is 51.1 Å². The smallest absolute Gasteiger partial charge is 0.257 e. The second kappa shape index (κ2) is 8.08. The predicted octanol–water partition coefficient (Wildman–Crippen LogP) is 3.32. The number of pyridine rings is 2. The van der Waals surface area contributed by atoms with Gasteiger partial charge in [0.25, 0.3) is 5.56 Å². The Morgan fingerprint density at radius 3 is 2.91 bits per heavy atom. The molecule has 0 bridgehead atoms. The average Bonchev–Trinajstić information content (AvgIpc) is 3.16. The lowest BCUT2D eigenvalue weighted by Gasteiger charge is -2.41. The Bertz CT molecular complexity index is 1240. The highest BCUT2D eigenvalue weighted by molar-refractivity contribution is 5.84. The van der Waals surface area contributed by atoms with Crippen LogP contribution in [0.15, 0.2) is 41.2 Å². The molecule has 1 aromatic carbocycles. The molecular weight excluding hydrogens is 408 g/mol. The summed E-state index contributed by atoms with van der Waals surface area (Å²) >= 11 is 0. The molecule has 2 aromatic heterocycles. The van der Waals surface area contributed by atoms with Gasteiger partial charge in [0.15, 0.2) is 6.29 Å². The second-order valence-electron chi connectivity index (χ2n) is 8.53. The van der Waals surface area contributed by atoms with E-state index in [-0.39, 0.29) is 18.3 Å². The number of hydrogen-bond donors (Lipinski definition) is 1. The van der Waals surface area contributed by atoms with Gasteiger partial charge in [-0.2, -0.15) is 0 Å². The molecule has 0 radical (unpaired) electrons. The van der Waals surface area contributed by atoms with Crippen molar-refractivity contribution in [2.24, 2.45) is 0 Å². The van der Waals surface area contributed by atoms with Crippen molar-refractivity contribution in [3.8, 4) is 11.4 Å². The fourth-order valence-corrected chi connectivity index (χ4v) is 4.71. The van der Waals surface area contributed by atoms with E-state index in [1.54, 1.807) is 4.57 Å². The summed E-state index contributed by atoms with van der Waals surface area (Å²) in [5.41, 5.74) is 2.86. The van der Waals surface area contributed by atoms with E-state index in [0.717, 1.165) is 27.9 Å². The summed E-state index contributed by atoms with van der Waals surface area (Å²) in [6.45, 7) is 7.22. The average molecular weight is 437 g/mol. The van der Waals surface area contributed by atoms with Crippen molar-refractivity contribution in [2.75, 3.05) is 13.2 Å². The third-order valence-electron chi connectivity index (χ3n) is 6.46. The number of rotatable bonds is 6. The maximum absolute atomic E-state index is 13.4. The highest BCUT2D eigenvalue weighted by atomic mass is 16.7. The molecule has 32 heavy (non-hydrogen) atoms. The Morgan fingerprint density at radius 2 is 2.12 bits per heavy atom. The van der Waals surface area contributed by atoms with E-state index in [0.29, 0.717) is 37.3 Å². The molecule has 7 heteroatoms. The number of para-hydroxylation sites is 1. The van der Waals surface area contributed by atoms with Crippen LogP contribution in [0.3, 0.4) is 0 Å². The van der Waals surface area contributed by atoms with Crippen LogP contribution in [-0.4, -0.2) is 40.3 Å². The van der Waals surface area contributed by atoms with Crippen LogP contribution in [-0.2, 0) is 33.0 Å². The first-order valence-corrected chi connectivity index (χ1v) is 11.2. The van der Waals surface area contributed by atoms with Crippen LogP contribution < -0.4 is 5.56 Å². The molecule has 7 nitrogen and oxygen atoms in total. The standard InChI is InChI=1S/C25H28N2O5/c1-4-25(29)19-11-21-22-17(10-16-8-6-7-9-20(16)26-22)12-27(21)23(28)18(19)14-31-24(25)32-15(3)13-30-5-2/h6-11,15,24,29H,4-5,12-14H2,1-3H3/t15?,24-,25-/m0/s1. The molecule has 0 saturated carbocycles. The van der Waals surface area contributed by atoms with Crippen LogP contribution in [0, 0.1) is 0 Å². The summed E-state index contributed by atoms with van der Waals surface area (Å²) in [6.07, 6.45) is -0.806. The van der Waals surface area contributed by atoms with Crippen LogP contribution >= 0.6 is 0 Å². The quantitative estimate of drug-likeness (QED) is 0.499. The van der Waals surface area contributed by atoms with Gasteiger partial charge in [-0.1, -0.05) is 25.1 Å². The molecule has 0 amide bonds. The van der Waals surface area contributed by atoms with Crippen LogP contribution in [0.5, 0.6) is 0 Å². The number of aliphatic hydroxyl groups is 1. The number of benzene rings is 1. The van der Waals surface area contributed by atoms with E-state index in [4.69, 9.17) is 19.2 Å². The first-order chi connectivity index (χ1) is 15.5. The Kier molecular flexibility index (Phi) is 5.37. The van der Waals surface area contributed by atoms with Crippen molar-refractivity contribution in [3.63, 3.8) is 0 Å². The monoisotopic (exact) mass is 436 g/mol. The molecule has 0 fully saturated rings. The predicted molar refractivity (Wildman–Crippen MR) is 120 cm³/mol. The third kappa shape index (κ3) is 3.28. The van der Waals surface area contributed by atoms with Crippen LogP contribution in [0.4, 0.5) is 0 Å². The summed E-state index contributed by atoms with van der Waals surface area (Å²) in [4.78, 5) is 18.3. The van der Waals surface area contributed by atoms with Gasteiger partial charge in [0.05, 0.1) is 42.8 Å². The molecule has 4 heterocycles. The second-order valence-corrected chi connectivity index (χ2v) is 8.53. The van der Waals surface area contributed by atoms with Crippen molar-refractivity contribution in [1.29, 1.82) is 0 Å². The number of nitrogens with zero attached hydrogens (tertiary/aromatic N) is 2. The fraction of sp³-hybridized carbons (Fsp3) is 0.440. The van der Waals surface area contributed by atoms with Gasteiger partial charge in [-0.3, -0.25) is 4.79 Å². The third-order valence-corrected chi connectivity index (χ3v) is 6.46. The van der Waals surface area contributed by atoms with Crippen LogP contribution in [0.25, 0.3) is 22.3 Å². The lowest BCUT2D eigenvalue weighted by atomic mass is 9.85. The zero-order valence-corrected chi connectivity index (χ0v) is 18.6. The van der Waals surface area contributed by atoms with E-state index >= 15 is 0 Å². The normalized spacial score (nSPS) is 22.4. The van der Waals surface area contributed by atoms with Crippen molar-refractivity contribution in [3.05, 3.63) is 63.4 Å². The molecule has 0 spiro atoms. The molecule has 3 aromatic rings. The van der Waals surface area contributed by atoms with E-state index < -0.39 is 11.9 Å². The van der Waals surface area contributed by atoms with Gasteiger partial charge < -0.3 is 23.9 Å². The van der Waals surface area contributed by atoms with Gasteiger partial charge in [0, 0.05) is 28.7 Å². The van der Waals surface area contributed by atoms with Crippen LogP contribution in [0.2, 0.25) is 0 Å². The van der Waals surface area contributed by atoms with Gasteiger partial charge in [0.1, 0.15) is 5.60 Å². The van der Waals surface area contributed by atoms with Crippen molar-refractivity contribution >= 4 is 10.9 Å². The van der Waals surface area contributed by atoms with Gasteiger partial charge in [-0.25, -0.2) is 4.98 Å². The van der Waals surface area contributed by atoms with Gasteiger partial charge in [-0.05, 0) is 38.5 Å². The molecule has 1 unspecified atom stereocenters. The topological polar surface area (TPSA) is 82.8 Å². The molecule has 5 rings (SSSR count). The first kappa shape index (κ1) is 21.3. The molecular formula is C25H28N2O5. The fourth-order valence-electron chi connectivity index (χ4n) is 4.71. The largest absolute Gasteiger partial charge is 0.380 e. The maximum atomic E-state index is 13.4. The molecule has 2 aliphatic rings.